The number of nitrogens with two attached hydrogens (primary N) is 1. The molecule has 0 atom stereocenters. The summed E-state index contributed by atoms with van der Waals surface area (Å²) in [5, 5.41) is 8.34. The smallest absolute Gasteiger partial charge is 0.143 e. The molecule has 3 N–H and O–H groups in total. The zero-order valence-corrected chi connectivity index (χ0v) is 9.28. The molecule has 1 aliphatic rings. The van der Waals surface area contributed by atoms with E-state index in [1.54, 1.807) is 6.07 Å². The highest BCUT2D eigenvalue weighted by Crippen LogP contribution is 2.11. The highest BCUT2D eigenvalue weighted by Gasteiger charge is 2.00. The Bertz CT molecular complexity index is 377. The first-order valence-corrected chi connectivity index (χ1v) is 5.09. The minimum atomic E-state index is -0.567. The largest absolute Gasteiger partial charge is 0.377 e. The van der Waals surface area contributed by atoms with Crippen LogP contribution in [0.2, 0.25) is 0 Å². The van der Waals surface area contributed by atoms with Gasteiger partial charge in [-0.05, 0) is 18.2 Å². The van der Waals surface area contributed by atoms with Crippen LogP contribution in [0.3, 0.4) is 0 Å². The molecule has 0 bridgehead atoms. The maximum atomic E-state index is 12.7. The van der Waals surface area contributed by atoms with Crippen molar-refractivity contribution in [2.24, 2.45) is 5.84 Å². The minimum Gasteiger partial charge on any atom is -0.377 e. The van der Waals surface area contributed by atoms with E-state index in [-0.39, 0.29) is 5.56 Å². The highest BCUT2D eigenvalue weighted by molar-refractivity contribution is 5.46. The van der Waals surface area contributed by atoms with Gasteiger partial charge in [-0.15, -0.1) is 0 Å². The highest BCUT2D eigenvalue weighted by atomic mass is 19.1. The quantitative estimate of drug-likeness (QED) is 0.565. The molecule has 6 heteroatoms. The molecule has 0 unspecified atom stereocenters. The Labute approximate surface area is 98.9 Å². The molecule has 0 amide bonds. The van der Waals surface area contributed by atoms with E-state index in [0.717, 1.165) is 26.4 Å². The van der Waals surface area contributed by atoms with E-state index < -0.39 is 5.82 Å². The molecule has 92 valence electrons. The predicted octanol–water partition coefficient (Wildman–Crippen LogP) is 1.02. The van der Waals surface area contributed by atoms with E-state index in [0.29, 0.717) is 5.69 Å². The van der Waals surface area contributed by atoms with Crippen LogP contribution < -0.4 is 11.3 Å². The Morgan fingerprint density at radius 2 is 1.82 bits per heavy atom. The van der Waals surface area contributed by atoms with Gasteiger partial charge in [-0.3, -0.25) is 5.84 Å². The van der Waals surface area contributed by atoms with Crippen molar-refractivity contribution < 1.29 is 13.9 Å². The second kappa shape index (κ2) is 7.57. The molecule has 0 aromatic heterocycles. The number of rotatable bonds is 1. The number of halogens is 1. The minimum absolute atomic E-state index is 0.0176. The third kappa shape index (κ3) is 4.78. The normalized spacial score (nSPS) is 14.2. The van der Waals surface area contributed by atoms with E-state index in [4.69, 9.17) is 20.6 Å². The van der Waals surface area contributed by atoms with Crippen LogP contribution in [0.15, 0.2) is 18.2 Å². The maximum absolute atomic E-state index is 12.7. The molecular weight excluding hydrogens is 225 g/mol. The lowest BCUT2D eigenvalue weighted by molar-refractivity contribution is -0.0334. The van der Waals surface area contributed by atoms with Gasteiger partial charge in [0, 0.05) is 0 Å². The summed E-state index contributed by atoms with van der Waals surface area (Å²) in [6.45, 7) is 3.11. The van der Waals surface area contributed by atoms with Crippen molar-refractivity contribution in [3.05, 3.63) is 29.6 Å². The molecule has 1 fully saturated rings. The van der Waals surface area contributed by atoms with Crippen molar-refractivity contribution in [2.75, 3.05) is 31.9 Å². The molecule has 17 heavy (non-hydrogen) atoms. The van der Waals surface area contributed by atoms with Crippen LogP contribution in [-0.2, 0) is 9.47 Å². The second-order valence-corrected chi connectivity index (χ2v) is 3.18. The van der Waals surface area contributed by atoms with Crippen LogP contribution in [0.4, 0.5) is 10.1 Å². The van der Waals surface area contributed by atoms with Crippen LogP contribution in [0, 0.1) is 17.1 Å². The fourth-order valence-electron chi connectivity index (χ4n) is 1.14. The molecule has 1 aromatic carbocycles. The first kappa shape index (κ1) is 13.4. The van der Waals surface area contributed by atoms with Crippen LogP contribution in [-0.4, -0.2) is 26.4 Å². The Morgan fingerprint density at radius 1 is 1.24 bits per heavy atom. The fraction of sp³-hybridized carbons (Fsp3) is 0.364. The summed E-state index contributed by atoms with van der Waals surface area (Å²) in [6.07, 6.45) is 0. The molecular formula is C11H14FN3O2. The maximum Gasteiger partial charge on any atom is 0.143 e. The molecule has 2 rings (SSSR count). The number of benzene rings is 1. The van der Waals surface area contributed by atoms with Gasteiger partial charge in [-0.1, -0.05) is 0 Å². The SMILES string of the molecule is C1COCCO1.N#Cc1ccc(NN)cc1F. The Hall–Kier alpha value is -1.68. The van der Waals surface area contributed by atoms with Gasteiger partial charge in [0.2, 0.25) is 0 Å². The van der Waals surface area contributed by atoms with E-state index in [1.807, 2.05) is 0 Å². The topological polar surface area (TPSA) is 80.3 Å². The Kier molecular flexibility index (Phi) is 5.96. The summed E-state index contributed by atoms with van der Waals surface area (Å²) in [4.78, 5) is 0. The molecule has 1 aliphatic heterocycles. The summed E-state index contributed by atoms with van der Waals surface area (Å²) >= 11 is 0. The molecule has 1 aromatic rings. The monoisotopic (exact) mass is 239 g/mol. The van der Waals surface area contributed by atoms with Gasteiger partial charge >= 0.3 is 0 Å². The number of nitriles is 1. The summed E-state index contributed by atoms with van der Waals surface area (Å²) in [5.74, 6) is 4.44. The van der Waals surface area contributed by atoms with Crippen LogP contribution >= 0.6 is 0 Å². The third-order valence-corrected chi connectivity index (χ3v) is 2.00. The summed E-state index contributed by atoms with van der Waals surface area (Å²) in [6, 6.07) is 5.76. The molecule has 5 nitrogen and oxygen atoms in total. The van der Waals surface area contributed by atoms with Crippen LogP contribution in [0.25, 0.3) is 0 Å². The van der Waals surface area contributed by atoms with Gasteiger partial charge in [-0.2, -0.15) is 5.26 Å². The van der Waals surface area contributed by atoms with Gasteiger partial charge in [-0.25, -0.2) is 4.39 Å². The average Bonchev–Trinajstić information content (AvgIpc) is 2.41. The number of nitrogens with one attached hydrogen (secondary N) is 1. The van der Waals surface area contributed by atoms with E-state index in [2.05, 4.69) is 5.43 Å². The van der Waals surface area contributed by atoms with Gasteiger partial charge in [0.25, 0.3) is 0 Å². The van der Waals surface area contributed by atoms with E-state index in [9.17, 15) is 4.39 Å². The zero-order valence-electron chi connectivity index (χ0n) is 9.28. The lowest BCUT2D eigenvalue weighted by atomic mass is 10.2. The third-order valence-electron chi connectivity index (χ3n) is 2.00. The predicted molar refractivity (Wildman–Crippen MR) is 60.6 cm³/mol. The zero-order chi connectivity index (χ0) is 12.5. The standard InChI is InChI=1S/C7H6FN3.C4H8O2/c8-7-3-6(11-10)2-1-5(7)4-9;1-2-6-4-3-5-1/h1-3,11H,10H2;1-4H2. The molecule has 1 saturated heterocycles. The number of hydrazine groups is 1. The Morgan fingerprint density at radius 3 is 2.18 bits per heavy atom. The summed E-state index contributed by atoms with van der Waals surface area (Å²) in [5.41, 5.74) is 2.73. The lowest BCUT2D eigenvalue weighted by Gasteiger charge is -2.09. The molecule has 1 heterocycles. The van der Waals surface area contributed by atoms with E-state index >= 15 is 0 Å². The number of anilines is 1. The first-order chi connectivity index (χ1) is 8.27. The van der Waals surface area contributed by atoms with Gasteiger partial charge in [0.15, 0.2) is 0 Å². The van der Waals surface area contributed by atoms with Crippen molar-refractivity contribution in [3.8, 4) is 6.07 Å². The Balaban J connectivity index is 0.000000202. The van der Waals surface area contributed by atoms with E-state index in [1.165, 1.54) is 18.2 Å². The van der Waals surface area contributed by atoms with Crippen LogP contribution in [0.5, 0.6) is 0 Å². The number of hydrogen-bond donors (Lipinski definition) is 2. The number of nitrogens with zero attached hydrogens (tertiary/aromatic N) is 1. The van der Waals surface area contributed by atoms with Crippen molar-refractivity contribution >= 4 is 5.69 Å². The van der Waals surface area contributed by atoms with Crippen molar-refractivity contribution in [1.29, 1.82) is 5.26 Å². The molecule has 0 saturated carbocycles. The van der Waals surface area contributed by atoms with Gasteiger partial charge in [0.1, 0.15) is 11.9 Å². The summed E-state index contributed by atoms with van der Waals surface area (Å²) in [7, 11) is 0. The molecule has 0 aliphatic carbocycles. The first-order valence-electron chi connectivity index (χ1n) is 5.09. The average molecular weight is 239 g/mol. The molecule has 0 radical (unpaired) electrons. The number of hydrogen-bond acceptors (Lipinski definition) is 5. The number of nitrogen functional groups attached to an aromatic ring is 1. The van der Waals surface area contributed by atoms with Crippen molar-refractivity contribution in [3.63, 3.8) is 0 Å². The van der Waals surface area contributed by atoms with Crippen molar-refractivity contribution in [1.82, 2.24) is 0 Å². The fourth-order valence-corrected chi connectivity index (χ4v) is 1.14. The van der Waals surface area contributed by atoms with Gasteiger partial charge < -0.3 is 14.9 Å². The van der Waals surface area contributed by atoms with Crippen LogP contribution in [0.1, 0.15) is 5.56 Å². The van der Waals surface area contributed by atoms with Gasteiger partial charge in [0.05, 0.1) is 37.7 Å². The summed E-state index contributed by atoms with van der Waals surface area (Å²) < 4.78 is 22.6. The van der Waals surface area contributed by atoms with Crippen molar-refractivity contribution in [2.45, 2.75) is 0 Å². The lowest BCUT2D eigenvalue weighted by Crippen LogP contribution is -2.16. The second-order valence-electron chi connectivity index (χ2n) is 3.18. The molecule has 0 spiro atoms. The number of ether oxygens (including phenoxy) is 2.